The minimum absolute atomic E-state index is 0.0582. The van der Waals surface area contributed by atoms with Crippen LogP contribution in [0.25, 0.3) is 0 Å². The number of nitrogens with one attached hydrogen (secondary N) is 1. The standard InChI is InChI=1S/C13H17N3O4/c1-9-4-6-15(7-5-9)13(18)14-11-8-10(16(19)20)2-3-12(11)17/h2-3,8-9,17H,4-7H2,1H3,(H,14,18). The average molecular weight is 279 g/mol. The number of aromatic hydroxyl groups is 1. The van der Waals surface area contributed by atoms with Gasteiger partial charge in [0.1, 0.15) is 5.75 Å². The molecule has 0 spiro atoms. The minimum atomic E-state index is -0.572. The first-order valence-corrected chi connectivity index (χ1v) is 6.50. The molecule has 108 valence electrons. The lowest BCUT2D eigenvalue weighted by atomic mass is 10.00. The van der Waals surface area contributed by atoms with Crippen LogP contribution in [0.2, 0.25) is 0 Å². The van der Waals surface area contributed by atoms with Gasteiger partial charge in [-0.15, -0.1) is 0 Å². The smallest absolute Gasteiger partial charge is 0.321 e. The van der Waals surface area contributed by atoms with Crippen LogP contribution in [0.1, 0.15) is 19.8 Å². The van der Waals surface area contributed by atoms with Crippen LogP contribution in [0.4, 0.5) is 16.2 Å². The zero-order valence-electron chi connectivity index (χ0n) is 11.2. The summed E-state index contributed by atoms with van der Waals surface area (Å²) < 4.78 is 0. The van der Waals surface area contributed by atoms with Crippen molar-refractivity contribution in [1.29, 1.82) is 0 Å². The van der Waals surface area contributed by atoms with Crippen molar-refractivity contribution in [3.8, 4) is 5.75 Å². The second-order valence-electron chi connectivity index (χ2n) is 5.06. The number of carbonyl (C=O) groups is 1. The van der Waals surface area contributed by atoms with Gasteiger partial charge in [-0.25, -0.2) is 4.79 Å². The van der Waals surface area contributed by atoms with Crippen molar-refractivity contribution in [2.75, 3.05) is 18.4 Å². The van der Waals surface area contributed by atoms with Crippen LogP contribution in [-0.2, 0) is 0 Å². The number of nitro groups is 1. The van der Waals surface area contributed by atoms with E-state index in [-0.39, 0.29) is 23.2 Å². The Hall–Kier alpha value is -2.31. The fourth-order valence-corrected chi connectivity index (χ4v) is 2.14. The summed E-state index contributed by atoms with van der Waals surface area (Å²) >= 11 is 0. The van der Waals surface area contributed by atoms with Crippen LogP contribution in [0.5, 0.6) is 5.75 Å². The quantitative estimate of drug-likeness (QED) is 0.494. The Balaban J connectivity index is 2.07. The highest BCUT2D eigenvalue weighted by Crippen LogP contribution is 2.28. The minimum Gasteiger partial charge on any atom is -0.506 e. The van der Waals surface area contributed by atoms with Crippen molar-refractivity contribution < 1.29 is 14.8 Å². The molecule has 1 fully saturated rings. The number of anilines is 1. The van der Waals surface area contributed by atoms with Gasteiger partial charge in [-0.3, -0.25) is 10.1 Å². The van der Waals surface area contributed by atoms with Gasteiger partial charge in [-0.1, -0.05) is 6.92 Å². The summed E-state index contributed by atoms with van der Waals surface area (Å²) in [4.78, 5) is 23.8. The Morgan fingerprint density at radius 1 is 1.45 bits per heavy atom. The predicted molar refractivity (Wildman–Crippen MR) is 73.8 cm³/mol. The molecular weight excluding hydrogens is 262 g/mol. The van der Waals surface area contributed by atoms with Gasteiger partial charge in [-0.05, 0) is 24.8 Å². The number of nitro benzene ring substituents is 1. The number of likely N-dealkylation sites (tertiary alicyclic amines) is 1. The monoisotopic (exact) mass is 279 g/mol. The topological polar surface area (TPSA) is 95.7 Å². The molecule has 7 nitrogen and oxygen atoms in total. The summed E-state index contributed by atoms with van der Waals surface area (Å²) in [7, 11) is 0. The van der Waals surface area contributed by atoms with Crippen molar-refractivity contribution in [3.63, 3.8) is 0 Å². The van der Waals surface area contributed by atoms with Gasteiger partial charge in [0, 0.05) is 25.2 Å². The number of nitrogens with zero attached hydrogens (tertiary/aromatic N) is 2. The van der Waals surface area contributed by atoms with Crippen LogP contribution in [0, 0.1) is 16.0 Å². The molecule has 2 N–H and O–H groups in total. The van der Waals surface area contributed by atoms with Gasteiger partial charge in [0.2, 0.25) is 0 Å². The van der Waals surface area contributed by atoms with Crippen LogP contribution in [0.3, 0.4) is 0 Å². The number of phenols is 1. The second kappa shape index (κ2) is 5.77. The third-order valence-corrected chi connectivity index (χ3v) is 3.50. The van der Waals surface area contributed by atoms with E-state index in [1.807, 2.05) is 0 Å². The highest BCUT2D eigenvalue weighted by Gasteiger charge is 2.21. The number of non-ortho nitro benzene ring substituents is 1. The fraction of sp³-hybridized carbons (Fsp3) is 0.462. The van der Waals surface area contributed by atoms with E-state index >= 15 is 0 Å². The van der Waals surface area contributed by atoms with E-state index in [0.29, 0.717) is 19.0 Å². The van der Waals surface area contributed by atoms with Gasteiger partial charge in [0.25, 0.3) is 5.69 Å². The van der Waals surface area contributed by atoms with Gasteiger partial charge in [-0.2, -0.15) is 0 Å². The van der Waals surface area contributed by atoms with E-state index in [0.717, 1.165) is 18.9 Å². The molecule has 0 saturated carbocycles. The molecule has 0 unspecified atom stereocenters. The lowest BCUT2D eigenvalue weighted by Crippen LogP contribution is -2.40. The van der Waals surface area contributed by atoms with Gasteiger partial charge in [0.05, 0.1) is 10.6 Å². The largest absolute Gasteiger partial charge is 0.506 e. The summed E-state index contributed by atoms with van der Waals surface area (Å²) in [5.41, 5.74) is -0.117. The third-order valence-electron chi connectivity index (χ3n) is 3.50. The molecule has 7 heteroatoms. The zero-order chi connectivity index (χ0) is 14.7. The average Bonchev–Trinajstić information content (AvgIpc) is 2.41. The van der Waals surface area contributed by atoms with Crippen molar-refractivity contribution in [2.24, 2.45) is 5.92 Å². The highest BCUT2D eigenvalue weighted by molar-refractivity contribution is 5.91. The van der Waals surface area contributed by atoms with Crippen LogP contribution in [0.15, 0.2) is 18.2 Å². The Morgan fingerprint density at radius 3 is 2.70 bits per heavy atom. The molecule has 1 aromatic rings. The molecule has 0 aromatic heterocycles. The number of phenolic OH excluding ortho intramolecular Hbond substituents is 1. The Morgan fingerprint density at radius 2 is 2.10 bits per heavy atom. The van der Waals surface area contributed by atoms with Crippen LogP contribution < -0.4 is 5.32 Å². The molecule has 0 aliphatic carbocycles. The second-order valence-corrected chi connectivity index (χ2v) is 5.06. The van der Waals surface area contributed by atoms with Gasteiger partial charge < -0.3 is 15.3 Å². The number of urea groups is 1. The lowest BCUT2D eigenvalue weighted by Gasteiger charge is -2.30. The number of carbonyl (C=O) groups excluding carboxylic acids is 1. The normalized spacial score (nSPS) is 15.9. The molecular formula is C13H17N3O4. The molecule has 2 rings (SSSR count). The Labute approximate surface area is 116 Å². The van der Waals surface area contributed by atoms with Crippen LogP contribution in [-0.4, -0.2) is 34.1 Å². The highest BCUT2D eigenvalue weighted by atomic mass is 16.6. The molecule has 1 aliphatic rings. The van der Waals surface area contributed by atoms with Crippen LogP contribution >= 0.6 is 0 Å². The summed E-state index contributed by atoms with van der Waals surface area (Å²) in [5, 5.41) is 22.9. The number of hydrogen-bond donors (Lipinski definition) is 2. The zero-order valence-corrected chi connectivity index (χ0v) is 11.2. The summed E-state index contributed by atoms with van der Waals surface area (Å²) in [5.74, 6) is 0.416. The number of hydrogen-bond acceptors (Lipinski definition) is 4. The van der Waals surface area contributed by atoms with E-state index in [4.69, 9.17) is 0 Å². The summed E-state index contributed by atoms with van der Waals surface area (Å²) in [6.07, 6.45) is 1.88. The molecule has 20 heavy (non-hydrogen) atoms. The molecule has 1 heterocycles. The van der Waals surface area contributed by atoms with Crippen molar-refractivity contribution in [3.05, 3.63) is 28.3 Å². The van der Waals surface area contributed by atoms with Gasteiger partial charge >= 0.3 is 6.03 Å². The molecule has 1 saturated heterocycles. The predicted octanol–water partition coefficient (Wildman–Crippen LogP) is 2.56. The first kappa shape index (κ1) is 14.1. The van der Waals surface area contributed by atoms with Crippen molar-refractivity contribution in [1.82, 2.24) is 4.90 Å². The molecule has 0 bridgehead atoms. The van der Waals surface area contributed by atoms with E-state index < -0.39 is 4.92 Å². The Kier molecular flexibility index (Phi) is 4.07. The maximum atomic E-state index is 12.0. The molecule has 0 radical (unpaired) electrons. The summed E-state index contributed by atoms with van der Waals surface area (Å²) in [6.45, 7) is 3.45. The van der Waals surface area contributed by atoms with E-state index in [2.05, 4.69) is 12.2 Å². The molecule has 2 amide bonds. The maximum Gasteiger partial charge on any atom is 0.321 e. The maximum absolute atomic E-state index is 12.0. The fourth-order valence-electron chi connectivity index (χ4n) is 2.14. The van der Waals surface area contributed by atoms with Gasteiger partial charge in [0.15, 0.2) is 0 Å². The van der Waals surface area contributed by atoms with E-state index in [1.165, 1.54) is 12.1 Å². The number of amides is 2. The van der Waals surface area contributed by atoms with Crippen molar-refractivity contribution in [2.45, 2.75) is 19.8 Å². The first-order valence-electron chi connectivity index (χ1n) is 6.50. The van der Waals surface area contributed by atoms with E-state index in [9.17, 15) is 20.0 Å². The number of rotatable bonds is 2. The van der Waals surface area contributed by atoms with E-state index in [1.54, 1.807) is 4.90 Å². The van der Waals surface area contributed by atoms with Crippen molar-refractivity contribution >= 4 is 17.4 Å². The SMILES string of the molecule is CC1CCN(C(=O)Nc2cc([N+](=O)[O-])ccc2O)CC1. The lowest BCUT2D eigenvalue weighted by molar-refractivity contribution is -0.384. The number of benzene rings is 1. The molecule has 0 atom stereocenters. The summed E-state index contributed by atoms with van der Waals surface area (Å²) in [6, 6.07) is 3.20. The first-order chi connectivity index (χ1) is 9.47. The Bertz CT molecular complexity index is 524. The third kappa shape index (κ3) is 3.17. The number of piperidine rings is 1. The molecule has 1 aliphatic heterocycles. The molecule has 1 aromatic carbocycles.